The molecule has 2 heterocycles. The lowest BCUT2D eigenvalue weighted by molar-refractivity contribution is 0.287. The number of benzene rings is 1. The lowest BCUT2D eigenvalue weighted by atomic mass is 10.1. The highest BCUT2D eigenvalue weighted by molar-refractivity contribution is 9.10. The summed E-state index contributed by atoms with van der Waals surface area (Å²) in [6.07, 6.45) is 2.65. The summed E-state index contributed by atoms with van der Waals surface area (Å²) in [6, 6.07) is 15.0. The van der Waals surface area contributed by atoms with E-state index in [-0.39, 0.29) is 0 Å². The Morgan fingerprint density at radius 2 is 1.86 bits per heavy atom. The number of furan rings is 1. The minimum absolute atomic E-state index is 0.341. The Balaban J connectivity index is 1.66. The van der Waals surface area contributed by atoms with Crippen LogP contribution in [-0.2, 0) is 6.54 Å². The molecule has 3 nitrogen and oxygen atoms in total. The summed E-state index contributed by atoms with van der Waals surface area (Å²) >= 11 is 3.35. The van der Waals surface area contributed by atoms with Crippen LogP contribution in [0.5, 0.6) is 0 Å². The fraction of sp³-hybridized carbons (Fsp3) is 0.412. The van der Waals surface area contributed by atoms with Crippen molar-refractivity contribution in [3.63, 3.8) is 0 Å². The Bertz CT molecular complexity index is 549. The molecule has 2 aromatic rings. The Kier molecular flexibility index (Phi) is 5.12. The van der Waals surface area contributed by atoms with Crippen molar-refractivity contribution >= 4 is 15.9 Å². The van der Waals surface area contributed by atoms with Crippen molar-refractivity contribution in [2.75, 3.05) is 19.6 Å². The zero-order chi connectivity index (χ0) is 14.5. The maximum absolute atomic E-state index is 5.58. The van der Waals surface area contributed by atoms with E-state index in [2.05, 4.69) is 56.5 Å². The molecule has 21 heavy (non-hydrogen) atoms. The highest BCUT2D eigenvalue weighted by Gasteiger charge is 2.18. The van der Waals surface area contributed by atoms with E-state index >= 15 is 0 Å². The summed E-state index contributed by atoms with van der Waals surface area (Å²) in [7, 11) is 0. The standard InChI is InChI=1S/C17H21BrN2O/c18-17-9-8-15(21-17)12-19-16(13-20-10-4-5-11-20)14-6-2-1-3-7-14/h1-3,6-9,16,19H,4-5,10-13H2. The molecule has 1 aromatic heterocycles. The van der Waals surface area contributed by atoms with Gasteiger partial charge in [0.05, 0.1) is 6.54 Å². The number of nitrogens with zero attached hydrogens (tertiary/aromatic N) is 1. The van der Waals surface area contributed by atoms with Gasteiger partial charge in [-0.05, 0) is 59.6 Å². The van der Waals surface area contributed by atoms with Crippen LogP contribution in [0, 0.1) is 0 Å². The van der Waals surface area contributed by atoms with Gasteiger partial charge in [-0.25, -0.2) is 0 Å². The summed E-state index contributed by atoms with van der Waals surface area (Å²) in [5.74, 6) is 0.962. The van der Waals surface area contributed by atoms with E-state index in [0.717, 1.165) is 23.5 Å². The maximum Gasteiger partial charge on any atom is 0.169 e. The lowest BCUT2D eigenvalue weighted by Gasteiger charge is -2.24. The van der Waals surface area contributed by atoms with Gasteiger partial charge in [0.15, 0.2) is 4.67 Å². The first kappa shape index (κ1) is 14.8. The van der Waals surface area contributed by atoms with E-state index in [9.17, 15) is 0 Å². The third-order valence-corrected chi connectivity index (χ3v) is 4.42. The number of halogens is 1. The first-order valence-corrected chi connectivity index (χ1v) is 8.35. The van der Waals surface area contributed by atoms with Crippen LogP contribution >= 0.6 is 15.9 Å². The Morgan fingerprint density at radius 1 is 1.10 bits per heavy atom. The molecule has 4 heteroatoms. The van der Waals surface area contributed by atoms with Gasteiger partial charge >= 0.3 is 0 Å². The minimum Gasteiger partial charge on any atom is -0.453 e. The van der Waals surface area contributed by atoms with E-state index in [1.807, 2.05) is 12.1 Å². The largest absolute Gasteiger partial charge is 0.453 e. The third-order valence-electron chi connectivity index (χ3n) is 3.99. The fourth-order valence-electron chi connectivity index (χ4n) is 2.87. The van der Waals surface area contributed by atoms with Crippen molar-refractivity contribution in [3.05, 3.63) is 58.5 Å². The van der Waals surface area contributed by atoms with Gasteiger partial charge in [-0.3, -0.25) is 0 Å². The normalized spacial score (nSPS) is 17.2. The van der Waals surface area contributed by atoms with Gasteiger partial charge in [0, 0.05) is 12.6 Å². The van der Waals surface area contributed by atoms with Crippen LogP contribution in [0.1, 0.15) is 30.2 Å². The number of likely N-dealkylation sites (tertiary alicyclic amines) is 1. The average molecular weight is 349 g/mol. The van der Waals surface area contributed by atoms with Crippen molar-refractivity contribution in [3.8, 4) is 0 Å². The van der Waals surface area contributed by atoms with Crippen LogP contribution in [0.15, 0.2) is 51.6 Å². The van der Waals surface area contributed by atoms with Crippen molar-refractivity contribution < 1.29 is 4.42 Å². The molecule has 0 aliphatic carbocycles. The number of nitrogens with one attached hydrogen (secondary N) is 1. The van der Waals surface area contributed by atoms with Crippen LogP contribution in [0.3, 0.4) is 0 Å². The molecule has 3 rings (SSSR count). The smallest absolute Gasteiger partial charge is 0.169 e. The van der Waals surface area contributed by atoms with E-state index in [1.165, 1.54) is 31.5 Å². The first-order valence-electron chi connectivity index (χ1n) is 7.56. The van der Waals surface area contributed by atoms with E-state index in [1.54, 1.807) is 0 Å². The topological polar surface area (TPSA) is 28.4 Å². The molecular formula is C17H21BrN2O. The summed E-state index contributed by atoms with van der Waals surface area (Å²) in [6.45, 7) is 4.25. The van der Waals surface area contributed by atoms with Gasteiger partial charge < -0.3 is 14.6 Å². The second-order valence-corrected chi connectivity index (χ2v) is 6.34. The Hall–Kier alpha value is -1.10. The molecule has 1 aliphatic heterocycles. The molecule has 0 amide bonds. The van der Waals surface area contributed by atoms with Gasteiger partial charge in [0.25, 0.3) is 0 Å². The molecule has 1 aromatic carbocycles. The van der Waals surface area contributed by atoms with Gasteiger partial charge in [0.1, 0.15) is 5.76 Å². The second kappa shape index (κ2) is 7.25. The predicted octanol–water partition coefficient (Wildman–Crippen LogP) is 3.97. The van der Waals surface area contributed by atoms with Crippen LogP contribution in [0.25, 0.3) is 0 Å². The molecule has 1 saturated heterocycles. The van der Waals surface area contributed by atoms with Crippen molar-refractivity contribution in [1.82, 2.24) is 10.2 Å². The lowest BCUT2D eigenvalue weighted by Crippen LogP contribution is -2.33. The molecule has 0 bridgehead atoms. The molecule has 0 spiro atoms. The van der Waals surface area contributed by atoms with Crippen molar-refractivity contribution in [1.29, 1.82) is 0 Å². The van der Waals surface area contributed by atoms with E-state index < -0.39 is 0 Å². The van der Waals surface area contributed by atoms with Crippen LogP contribution < -0.4 is 5.32 Å². The number of rotatable bonds is 6. The number of hydrogen-bond acceptors (Lipinski definition) is 3. The van der Waals surface area contributed by atoms with E-state index in [0.29, 0.717) is 6.04 Å². The summed E-state index contributed by atoms with van der Waals surface area (Å²) in [5.41, 5.74) is 1.34. The van der Waals surface area contributed by atoms with Crippen LogP contribution in [0.4, 0.5) is 0 Å². The Labute approximate surface area is 134 Å². The van der Waals surface area contributed by atoms with Gasteiger partial charge in [0.2, 0.25) is 0 Å². The quantitative estimate of drug-likeness (QED) is 0.856. The van der Waals surface area contributed by atoms with Crippen LogP contribution in [0.2, 0.25) is 0 Å². The highest BCUT2D eigenvalue weighted by Crippen LogP contribution is 2.19. The van der Waals surface area contributed by atoms with Gasteiger partial charge in [-0.1, -0.05) is 30.3 Å². The molecule has 1 unspecified atom stereocenters. The molecule has 0 radical (unpaired) electrons. The SMILES string of the molecule is Brc1ccc(CNC(CN2CCCC2)c2ccccc2)o1. The number of hydrogen-bond donors (Lipinski definition) is 1. The van der Waals surface area contributed by atoms with Crippen LogP contribution in [-0.4, -0.2) is 24.5 Å². The zero-order valence-electron chi connectivity index (χ0n) is 12.1. The van der Waals surface area contributed by atoms with Crippen molar-refractivity contribution in [2.24, 2.45) is 0 Å². The van der Waals surface area contributed by atoms with Gasteiger partial charge in [-0.2, -0.15) is 0 Å². The molecule has 1 aliphatic rings. The van der Waals surface area contributed by atoms with Crippen molar-refractivity contribution in [2.45, 2.75) is 25.4 Å². The molecule has 112 valence electrons. The highest BCUT2D eigenvalue weighted by atomic mass is 79.9. The molecule has 1 fully saturated rings. The molecule has 0 saturated carbocycles. The fourth-order valence-corrected chi connectivity index (χ4v) is 3.21. The zero-order valence-corrected chi connectivity index (χ0v) is 13.7. The third kappa shape index (κ3) is 4.19. The molecular weight excluding hydrogens is 328 g/mol. The first-order chi connectivity index (χ1) is 10.3. The van der Waals surface area contributed by atoms with E-state index in [4.69, 9.17) is 4.42 Å². The summed E-state index contributed by atoms with van der Waals surface area (Å²) in [4.78, 5) is 2.54. The minimum atomic E-state index is 0.341. The monoisotopic (exact) mass is 348 g/mol. The predicted molar refractivity (Wildman–Crippen MR) is 88.1 cm³/mol. The summed E-state index contributed by atoms with van der Waals surface area (Å²) in [5, 5.41) is 3.64. The Morgan fingerprint density at radius 3 is 2.52 bits per heavy atom. The molecule has 1 atom stereocenters. The van der Waals surface area contributed by atoms with Gasteiger partial charge in [-0.15, -0.1) is 0 Å². The summed E-state index contributed by atoms with van der Waals surface area (Å²) < 4.78 is 6.37. The molecule has 1 N–H and O–H groups in total. The second-order valence-electron chi connectivity index (χ2n) is 5.56. The average Bonchev–Trinajstić information content (AvgIpc) is 3.16. The maximum atomic E-state index is 5.58.